The number of amidine groups is 1. The predicted molar refractivity (Wildman–Crippen MR) is 98.9 cm³/mol. The van der Waals surface area contributed by atoms with Gasteiger partial charge in [-0.1, -0.05) is 24.8 Å². The number of ether oxygens (including phenoxy) is 2. The van der Waals surface area contributed by atoms with E-state index in [2.05, 4.69) is 32.2 Å². The zero-order valence-electron chi connectivity index (χ0n) is 14.7. The molecule has 1 saturated carbocycles. The predicted octanol–water partition coefficient (Wildman–Crippen LogP) is 4.34. The summed E-state index contributed by atoms with van der Waals surface area (Å²) in [5.74, 6) is 2.52. The Bertz CT molecular complexity index is 663. The molecule has 1 aromatic rings. The van der Waals surface area contributed by atoms with Crippen molar-refractivity contribution in [3.8, 4) is 11.5 Å². The molecule has 1 spiro atoms. The third-order valence-electron chi connectivity index (χ3n) is 5.77. The molecule has 1 aliphatic carbocycles. The standard InChI is InChI=1S/C19H26N2O2S/c1-13-6-8-19(9-7-13)18(2,3)21-17(24-19)20-11-14-4-5-15-16(10-14)23-12-22-15/h4-5,10,13H,6-9,11-12H2,1-3H3,(H,20,21). The van der Waals surface area contributed by atoms with Gasteiger partial charge in [-0.25, -0.2) is 0 Å². The summed E-state index contributed by atoms with van der Waals surface area (Å²) in [6.07, 6.45) is 5.21. The molecule has 5 heteroatoms. The number of aliphatic imine (C=N–C) groups is 1. The van der Waals surface area contributed by atoms with Crippen molar-refractivity contribution in [1.29, 1.82) is 0 Å². The Morgan fingerprint density at radius 3 is 2.75 bits per heavy atom. The van der Waals surface area contributed by atoms with Crippen LogP contribution in [0.25, 0.3) is 0 Å². The number of hydrogen-bond donors (Lipinski definition) is 1. The molecular weight excluding hydrogens is 320 g/mol. The number of fused-ring (bicyclic) bond motifs is 1. The lowest BCUT2D eigenvalue weighted by molar-refractivity contribution is 0.174. The van der Waals surface area contributed by atoms with Gasteiger partial charge >= 0.3 is 0 Å². The van der Waals surface area contributed by atoms with Crippen LogP contribution >= 0.6 is 11.8 Å². The summed E-state index contributed by atoms with van der Waals surface area (Å²) in [5.41, 5.74) is 1.26. The lowest BCUT2D eigenvalue weighted by Gasteiger charge is -2.43. The van der Waals surface area contributed by atoms with Crippen molar-refractivity contribution in [1.82, 2.24) is 5.32 Å². The van der Waals surface area contributed by atoms with Crippen molar-refractivity contribution in [2.24, 2.45) is 10.9 Å². The SMILES string of the molecule is CC1CCC2(CC1)SC(=NCc1ccc3c(c1)OCO3)NC2(C)C. The lowest BCUT2D eigenvalue weighted by Crippen LogP contribution is -2.52. The molecule has 0 aromatic heterocycles. The van der Waals surface area contributed by atoms with Gasteiger partial charge in [-0.2, -0.15) is 0 Å². The van der Waals surface area contributed by atoms with E-state index in [1.54, 1.807) is 0 Å². The van der Waals surface area contributed by atoms with Crippen LogP contribution in [0.2, 0.25) is 0 Å². The van der Waals surface area contributed by atoms with Crippen molar-refractivity contribution in [3.63, 3.8) is 0 Å². The minimum Gasteiger partial charge on any atom is -0.454 e. The Hall–Kier alpha value is -1.36. The molecule has 1 aromatic carbocycles. The smallest absolute Gasteiger partial charge is 0.231 e. The molecule has 0 unspecified atom stereocenters. The van der Waals surface area contributed by atoms with Crippen molar-refractivity contribution < 1.29 is 9.47 Å². The van der Waals surface area contributed by atoms with E-state index in [1.807, 2.05) is 23.9 Å². The molecular formula is C19H26N2O2S. The first kappa shape index (κ1) is 16.1. The second kappa shape index (κ2) is 5.87. The number of rotatable bonds is 2. The molecule has 1 N–H and O–H groups in total. The summed E-state index contributed by atoms with van der Waals surface area (Å²) in [7, 11) is 0. The minimum absolute atomic E-state index is 0.103. The van der Waals surface area contributed by atoms with Gasteiger partial charge in [0.25, 0.3) is 0 Å². The summed E-state index contributed by atoms with van der Waals surface area (Å²) in [6.45, 7) is 8.04. The van der Waals surface area contributed by atoms with Gasteiger partial charge in [-0.05, 0) is 63.1 Å². The van der Waals surface area contributed by atoms with Crippen molar-refractivity contribution >= 4 is 16.9 Å². The maximum absolute atomic E-state index is 5.45. The third-order valence-corrected chi connectivity index (χ3v) is 7.51. The van der Waals surface area contributed by atoms with Crippen LogP contribution in [0.4, 0.5) is 0 Å². The summed E-state index contributed by atoms with van der Waals surface area (Å²) in [4.78, 5) is 4.86. The second-order valence-corrected chi connectivity index (χ2v) is 9.21. The molecule has 24 heavy (non-hydrogen) atoms. The largest absolute Gasteiger partial charge is 0.454 e. The summed E-state index contributed by atoms with van der Waals surface area (Å²) in [5, 5.41) is 4.78. The van der Waals surface area contributed by atoms with Crippen LogP contribution in [-0.4, -0.2) is 22.2 Å². The summed E-state index contributed by atoms with van der Waals surface area (Å²) < 4.78 is 11.1. The Balaban J connectivity index is 1.48. The minimum atomic E-state index is 0.103. The van der Waals surface area contributed by atoms with E-state index in [0.29, 0.717) is 18.1 Å². The summed E-state index contributed by atoms with van der Waals surface area (Å²) in [6, 6.07) is 6.08. The molecule has 3 aliphatic rings. The second-order valence-electron chi connectivity index (χ2n) is 7.84. The molecule has 2 fully saturated rings. The number of nitrogens with one attached hydrogen (secondary N) is 1. The maximum Gasteiger partial charge on any atom is 0.231 e. The highest BCUT2D eigenvalue weighted by molar-refractivity contribution is 8.15. The molecule has 2 aliphatic heterocycles. The van der Waals surface area contributed by atoms with Gasteiger partial charge < -0.3 is 14.8 Å². The highest BCUT2D eigenvalue weighted by atomic mass is 32.2. The lowest BCUT2D eigenvalue weighted by atomic mass is 9.73. The van der Waals surface area contributed by atoms with Crippen molar-refractivity contribution in [3.05, 3.63) is 23.8 Å². The Labute approximate surface area is 148 Å². The average molecular weight is 346 g/mol. The number of benzene rings is 1. The first-order valence-electron chi connectivity index (χ1n) is 8.88. The van der Waals surface area contributed by atoms with Crippen molar-refractivity contribution in [2.45, 2.75) is 63.3 Å². The highest BCUT2D eigenvalue weighted by Gasteiger charge is 2.53. The fraction of sp³-hybridized carbons (Fsp3) is 0.632. The van der Waals surface area contributed by atoms with Crippen molar-refractivity contribution in [2.75, 3.05) is 6.79 Å². The van der Waals surface area contributed by atoms with Crippen LogP contribution in [0.15, 0.2) is 23.2 Å². The van der Waals surface area contributed by atoms with Gasteiger partial charge in [0.15, 0.2) is 16.7 Å². The van der Waals surface area contributed by atoms with Crippen LogP contribution in [0.1, 0.15) is 52.0 Å². The fourth-order valence-corrected chi connectivity index (χ4v) is 5.50. The molecule has 0 radical (unpaired) electrons. The molecule has 4 rings (SSSR count). The molecule has 2 heterocycles. The van der Waals surface area contributed by atoms with E-state index in [4.69, 9.17) is 14.5 Å². The van der Waals surface area contributed by atoms with E-state index >= 15 is 0 Å². The van der Waals surface area contributed by atoms with Gasteiger partial charge in [-0.3, -0.25) is 4.99 Å². The third kappa shape index (κ3) is 2.77. The zero-order chi connectivity index (χ0) is 16.8. The average Bonchev–Trinajstić information content (AvgIpc) is 3.10. The van der Waals surface area contributed by atoms with Crippen LogP contribution in [0.3, 0.4) is 0 Å². The molecule has 0 atom stereocenters. The first-order valence-corrected chi connectivity index (χ1v) is 9.69. The van der Waals surface area contributed by atoms with Gasteiger partial charge in [0.2, 0.25) is 6.79 Å². The van der Waals surface area contributed by atoms with Crippen LogP contribution in [-0.2, 0) is 6.54 Å². The van der Waals surface area contributed by atoms with Crippen LogP contribution in [0, 0.1) is 5.92 Å². The molecule has 1 saturated heterocycles. The number of nitrogens with zero attached hydrogens (tertiary/aromatic N) is 1. The van der Waals surface area contributed by atoms with Gasteiger partial charge in [0, 0.05) is 10.3 Å². The topological polar surface area (TPSA) is 42.9 Å². The maximum atomic E-state index is 5.45. The van der Waals surface area contributed by atoms with E-state index < -0.39 is 0 Å². The first-order chi connectivity index (χ1) is 11.5. The normalized spacial score (nSPS) is 32.3. The van der Waals surface area contributed by atoms with E-state index in [1.165, 1.54) is 25.7 Å². The Morgan fingerprint density at radius 1 is 1.21 bits per heavy atom. The molecule has 0 bridgehead atoms. The number of hydrogen-bond acceptors (Lipinski definition) is 4. The molecule has 4 nitrogen and oxygen atoms in total. The Kier molecular flexibility index (Phi) is 3.94. The van der Waals surface area contributed by atoms with Gasteiger partial charge in [0.05, 0.1) is 6.54 Å². The fourth-order valence-electron chi connectivity index (χ4n) is 3.95. The number of thioether (sulfide) groups is 1. The van der Waals surface area contributed by atoms with E-state index in [0.717, 1.165) is 28.1 Å². The summed E-state index contributed by atoms with van der Waals surface area (Å²) >= 11 is 1.97. The highest BCUT2D eigenvalue weighted by Crippen LogP contribution is 2.52. The molecule has 130 valence electrons. The van der Waals surface area contributed by atoms with E-state index in [-0.39, 0.29) is 5.54 Å². The monoisotopic (exact) mass is 346 g/mol. The van der Waals surface area contributed by atoms with Crippen LogP contribution in [0.5, 0.6) is 11.5 Å². The quantitative estimate of drug-likeness (QED) is 0.865. The zero-order valence-corrected chi connectivity index (χ0v) is 15.5. The molecule has 0 amide bonds. The van der Waals surface area contributed by atoms with Crippen LogP contribution < -0.4 is 14.8 Å². The van der Waals surface area contributed by atoms with E-state index in [9.17, 15) is 0 Å². The van der Waals surface area contributed by atoms with Gasteiger partial charge in [0.1, 0.15) is 0 Å². The van der Waals surface area contributed by atoms with Gasteiger partial charge in [-0.15, -0.1) is 0 Å². The Morgan fingerprint density at radius 2 is 1.96 bits per heavy atom.